The van der Waals surface area contributed by atoms with Crippen molar-refractivity contribution in [3.63, 3.8) is 0 Å². The lowest BCUT2D eigenvalue weighted by atomic mass is 10.2. The lowest BCUT2D eigenvalue weighted by Crippen LogP contribution is -2.33. The molecule has 2 N–H and O–H groups in total. The molecule has 21 heavy (non-hydrogen) atoms. The molecule has 1 aromatic carbocycles. The van der Waals surface area contributed by atoms with Crippen LogP contribution in [0, 0.1) is 0 Å². The van der Waals surface area contributed by atoms with Gasteiger partial charge in [-0.1, -0.05) is 19.1 Å². The van der Waals surface area contributed by atoms with Crippen LogP contribution >= 0.6 is 0 Å². The van der Waals surface area contributed by atoms with E-state index in [4.69, 9.17) is 4.74 Å². The average Bonchev–Trinajstić information content (AvgIpc) is 3.03. The number of aliphatic hydroxyl groups excluding tert-OH is 1. The summed E-state index contributed by atoms with van der Waals surface area (Å²) in [6, 6.07) is 7.97. The summed E-state index contributed by atoms with van der Waals surface area (Å²) in [5.74, 6) is 0.812. The van der Waals surface area contributed by atoms with Gasteiger partial charge in [0.25, 0.3) is 0 Å². The van der Waals surface area contributed by atoms with Gasteiger partial charge in [-0.25, -0.2) is 4.98 Å². The Hall–Kier alpha value is -1.85. The molecule has 0 bridgehead atoms. The minimum atomic E-state index is -0.516. The first-order chi connectivity index (χ1) is 10.3. The van der Waals surface area contributed by atoms with Gasteiger partial charge in [-0.15, -0.1) is 0 Å². The fourth-order valence-electron chi connectivity index (χ4n) is 2.00. The molecular formula is C16H23N3O2. The lowest BCUT2D eigenvalue weighted by Gasteiger charge is -2.14. The summed E-state index contributed by atoms with van der Waals surface area (Å²) in [7, 11) is 0. The molecule has 0 saturated carbocycles. The summed E-state index contributed by atoms with van der Waals surface area (Å²) in [5, 5.41) is 13.1. The highest BCUT2D eigenvalue weighted by molar-refractivity contribution is 5.28. The van der Waals surface area contributed by atoms with Crippen LogP contribution in [0.3, 0.4) is 0 Å². The van der Waals surface area contributed by atoms with Crippen molar-refractivity contribution in [3.05, 3.63) is 48.5 Å². The van der Waals surface area contributed by atoms with Gasteiger partial charge >= 0.3 is 0 Å². The molecule has 1 atom stereocenters. The van der Waals surface area contributed by atoms with E-state index in [0.717, 1.165) is 25.3 Å². The predicted molar refractivity (Wildman–Crippen MR) is 82.4 cm³/mol. The van der Waals surface area contributed by atoms with Gasteiger partial charge in [-0.05, 0) is 24.1 Å². The first-order valence-corrected chi connectivity index (χ1v) is 7.34. The van der Waals surface area contributed by atoms with Crippen molar-refractivity contribution < 1.29 is 9.84 Å². The number of aliphatic hydroxyl groups is 1. The third-order valence-electron chi connectivity index (χ3n) is 3.24. The maximum atomic E-state index is 9.89. The summed E-state index contributed by atoms with van der Waals surface area (Å²) in [6.45, 7) is 4.55. The van der Waals surface area contributed by atoms with Gasteiger partial charge < -0.3 is 19.7 Å². The Morgan fingerprint density at radius 2 is 2.33 bits per heavy atom. The largest absolute Gasteiger partial charge is 0.491 e. The maximum Gasteiger partial charge on any atom is 0.119 e. The fourth-order valence-corrected chi connectivity index (χ4v) is 2.00. The topological polar surface area (TPSA) is 59.3 Å². The monoisotopic (exact) mass is 289 g/mol. The van der Waals surface area contributed by atoms with Crippen LogP contribution in [0.15, 0.2) is 43.0 Å². The predicted octanol–water partition coefficient (Wildman–Crippen LogP) is 1.47. The second-order valence-corrected chi connectivity index (χ2v) is 4.97. The summed E-state index contributed by atoms with van der Waals surface area (Å²) in [4.78, 5) is 3.98. The first-order valence-electron chi connectivity index (χ1n) is 7.34. The molecule has 0 saturated heterocycles. The second kappa shape index (κ2) is 8.44. The summed E-state index contributed by atoms with van der Waals surface area (Å²) < 4.78 is 7.60. The van der Waals surface area contributed by atoms with Crippen molar-refractivity contribution in [3.8, 4) is 5.75 Å². The summed E-state index contributed by atoms with van der Waals surface area (Å²) in [6.07, 6.45) is 5.92. The quantitative estimate of drug-likeness (QED) is 0.686. The number of hydrogen-bond acceptors (Lipinski definition) is 4. The summed E-state index contributed by atoms with van der Waals surface area (Å²) in [5.41, 5.74) is 1.24. The van der Waals surface area contributed by atoms with Crippen molar-refractivity contribution in [1.82, 2.24) is 14.9 Å². The number of rotatable bonds is 9. The van der Waals surface area contributed by atoms with E-state index in [1.807, 2.05) is 29.0 Å². The molecule has 1 aromatic heterocycles. The third-order valence-corrected chi connectivity index (χ3v) is 3.24. The van der Waals surface area contributed by atoms with Crippen molar-refractivity contribution in [1.29, 1.82) is 0 Å². The molecule has 5 heteroatoms. The zero-order valence-electron chi connectivity index (χ0n) is 12.4. The minimum Gasteiger partial charge on any atom is -0.491 e. The van der Waals surface area contributed by atoms with Crippen molar-refractivity contribution in [2.45, 2.75) is 26.0 Å². The Morgan fingerprint density at radius 1 is 1.43 bits per heavy atom. The van der Waals surface area contributed by atoms with Crippen LogP contribution < -0.4 is 10.1 Å². The molecular weight excluding hydrogens is 266 g/mol. The highest BCUT2D eigenvalue weighted by Crippen LogP contribution is 2.13. The summed E-state index contributed by atoms with van der Waals surface area (Å²) >= 11 is 0. The molecule has 0 fully saturated rings. The van der Waals surface area contributed by atoms with Gasteiger partial charge in [0.1, 0.15) is 18.5 Å². The van der Waals surface area contributed by atoms with Crippen LogP contribution in [0.25, 0.3) is 0 Å². The lowest BCUT2D eigenvalue weighted by molar-refractivity contribution is 0.106. The molecule has 0 amide bonds. The van der Waals surface area contributed by atoms with E-state index in [2.05, 4.69) is 23.3 Å². The zero-order chi connectivity index (χ0) is 14.9. The van der Waals surface area contributed by atoms with Gasteiger partial charge in [0.2, 0.25) is 0 Å². The molecule has 0 radical (unpaired) electrons. The van der Waals surface area contributed by atoms with Crippen LogP contribution in [-0.4, -0.2) is 40.5 Å². The molecule has 114 valence electrons. The highest BCUT2D eigenvalue weighted by Gasteiger charge is 2.05. The van der Waals surface area contributed by atoms with Gasteiger partial charge in [-0.2, -0.15) is 0 Å². The molecule has 5 nitrogen and oxygen atoms in total. The van der Waals surface area contributed by atoms with E-state index in [1.54, 1.807) is 12.5 Å². The first kappa shape index (κ1) is 15.5. The second-order valence-electron chi connectivity index (χ2n) is 4.97. The number of aromatic nitrogens is 2. The van der Waals surface area contributed by atoms with Gasteiger partial charge in [0.15, 0.2) is 0 Å². The standard InChI is InChI=1S/C16H23N3O2/c1-2-14-4-3-5-16(10-14)21-12-15(20)11-17-6-8-19-9-7-18-13-19/h3-5,7,9-10,13,15,17,20H,2,6,8,11-12H2,1H3. The van der Waals surface area contributed by atoms with Crippen molar-refractivity contribution in [2.24, 2.45) is 0 Å². The van der Waals surface area contributed by atoms with E-state index in [-0.39, 0.29) is 0 Å². The SMILES string of the molecule is CCc1cccc(OCC(O)CNCCn2ccnc2)c1. The molecule has 0 aliphatic carbocycles. The Morgan fingerprint density at radius 3 is 3.10 bits per heavy atom. The highest BCUT2D eigenvalue weighted by atomic mass is 16.5. The number of nitrogens with one attached hydrogen (secondary N) is 1. The number of benzene rings is 1. The molecule has 0 spiro atoms. The number of imidazole rings is 1. The smallest absolute Gasteiger partial charge is 0.119 e. The molecule has 1 unspecified atom stereocenters. The molecule has 0 aliphatic heterocycles. The van der Waals surface area contributed by atoms with Crippen molar-refractivity contribution >= 4 is 0 Å². The molecule has 0 aliphatic rings. The normalized spacial score (nSPS) is 12.3. The zero-order valence-corrected chi connectivity index (χ0v) is 12.4. The van der Waals surface area contributed by atoms with Crippen LogP contribution in [0.5, 0.6) is 5.75 Å². The minimum absolute atomic E-state index is 0.297. The Kier molecular flexibility index (Phi) is 6.24. The van der Waals surface area contributed by atoms with Crippen molar-refractivity contribution in [2.75, 3.05) is 19.7 Å². The average molecular weight is 289 g/mol. The third kappa shape index (κ3) is 5.57. The van der Waals surface area contributed by atoms with E-state index in [9.17, 15) is 5.11 Å². The number of aryl methyl sites for hydroxylation is 1. The number of hydrogen-bond donors (Lipinski definition) is 2. The Bertz CT molecular complexity index is 514. The number of nitrogens with zero attached hydrogens (tertiary/aromatic N) is 2. The molecule has 2 aromatic rings. The van der Waals surface area contributed by atoms with Gasteiger partial charge in [0.05, 0.1) is 6.33 Å². The maximum absolute atomic E-state index is 9.89. The van der Waals surface area contributed by atoms with E-state index in [0.29, 0.717) is 13.2 Å². The van der Waals surface area contributed by atoms with E-state index in [1.165, 1.54) is 5.56 Å². The Balaban J connectivity index is 1.61. The van der Waals surface area contributed by atoms with Crippen LogP contribution in [0.1, 0.15) is 12.5 Å². The van der Waals surface area contributed by atoms with Crippen LogP contribution in [0.2, 0.25) is 0 Å². The van der Waals surface area contributed by atoms with Crippen LogP contribution in [0.4, 0.5) is 0 Å². The van der Waals surface area contributed by atoms with E-state index >= 15 is 0 Å². The van der Waals surface area contributed by atoms with Gasteiger partial charge in [0, 0.05) is 32.0 Å². The Labute approximate surface area is 125 Å². The van der Waals surface area contributed by atoms with Crippen LogP contribution in [-0.2, 0) is 13.0 Å². The molecule has 1 heterocycles. The molecule has 2 rings (SSSR count). The number of ether oxygens (including phenoxy) is 1. The van der Waals surface area contributed by atoms with Gasteiger partial charge in [-0.3, -0.25) is 0 Å². The fraction of sp³-hybridized carbons (Fsp3) is 0.438. The van der Waals surface area contributed by atoms with E-state index < -0.39 is 6.10 Å².